The largest absolute Gasteiger partial charge is 0.340 e. The van der Waals surface area contributed by atoms with Gasteiger partial charge in [-0.25, -0.2) is 0 Å². The fourth-order valence-corrected chi connectivity index (χ4v) is 0.901. The van der Waals surface area contributed by atoms with Gasteiger partial charge >= 0.3 is 0 Å². The van der Waals surface area contributed by atoms with Crippen molar-refractivity contribution in [1.29, 1.82) is 0 Å². The molecule has 0 saturated carbocycles. The molecule has 1 aliphatic heterocycles. The number of nitrogens with zero attached hydrogens (tertiary/aromatic N) is 3. The molecule has 0 aromatic rings. The highest BCUT2D eigenvalue weighted by atomic mass is 15.6. The van der Waals surface area contributed by atoms with Crippen LogP contribution in [0.5, 0.6) is 0 Å². The van der Waals surface area contributed by atoms with Gasteiger partial charge in [0.1, 0.15) is 12.5 Å². The van der Waals surface area contributed by atoms with Crippen LogP contribution in [0.25, 0.3) is 0 Å². The monoisotopic (exact) mass is 127 g/mol. The number of hydrazone groups is 1. The van der Waals surface area contributed by atoms with Crippen molar-refractivity contribution in [3.8, 4) is 0 Å². The molecule has 1 heterocycles. The molecule has 3 nitrogen and oxygen atoms in total. The molecule has 0 radical (unpaired) electrons. The zero-order chi connectivity index (χ0) is 6.85. The molecule has 3 heteroatoms. The van der Waals surface area contributed by atoms with E-state index in [1.54, 1.807) is 0 Å². The maximum absolute atomic E-state index is 4.10. The van der Waals surface area contributed by atoms with Crippen LogP contribution in [0, 0.1) is 0 Å². The van der Waals surface area contributed by atoms with Crippen molar-refractivity contribution >= 4 is 6.34 Å². The van der Waals surface area contributed by atoms with Gasteiger partial charge in [0.15, 0.2) is 0 Å². The van der Waals surface area contributed by atoms with Crippen molar-refractivity contribution in [3.63, 3.8) is 0 Å². The summed E-state index contributed by atoms with van der Waals surface area (Å²) in [4.78, 5) is 2.18. The second-order valence-electron chi connectivity index (χ2n) is 2.27. The molecule has 1 atom stereocenters. The van der Waals surface area contributed by atoms with Crippen LogP contribution in [0.1, 0.15) is 13.8 Å². The van der Waals surface area contributed by atoms with E-state index in [4.69, 9.17) is 0 Å². The summed E-state index contributed by atoms with van der Waals surface area (Å²) < 4.78 is 0. The summed E-state index contributed by atoms with van der Waals surface area (Å²) in [6.07, 6.45) is 2.32. The van der Waals surface area contributed by atoms with Gasteiger partial charge in [0.05, 0.1) is 0 Å². The maximum atomic E-state index is 4.10. The molecule has 1 rings (SSSR count). The van der Waals surface area contributed by atoms with Crippen molar-refractivity contribution in [1.82, 2.24) is 9.91 Å². The molecule has 0 amide bonds. The summed E-state index contributed by atoms with van der Waals surface area (Å²) in [5, 5.41) is 6.05. The van der Waals surface area contributed by atoms with Gasteiger partial charge in [0.25, 0.3) is 0 Å². The molecule has 0 aromatic carbocycles. The first kappa shape index (κ1) is 6.39. The molecule has 0 aliphatic carbocycles. The summed E-state index contributed by atoms with van der Waals surface area (Å²) in [5.74, 6) is 0. The van der Waals surface area contributed by atoms with Gasteiger partial charge in [-0.3, -0.25) is 5.01 Å². The topological polar surface area (TPSA) is 18.8 Å². The molecular weight excluding hydrogens is 114 g/mol. The standard InChI is InChI=1S/C6H13N3/c1-4-9-5-7-8(3)6(9)2/h5-6H,4H2,1-3H3. The fourth-order valence-electron chi connectivity index (χ4n) is 0.901. The third-order valence-electron chi connectivity index (χ3n) is 1.77. The molecule has 9 heavy (non-hydrogen) atoms. The molecule has 1 unspecified atom stereocenters. The second kappa shape index (κ2) is 2.25. The van der Waals surface area contributed by atoms with E-state index >= 15 is 0 Å². The summed E-state index contributed by atoms with van der Waals surface area (Å²) in [6.45, 7) is 5.30. The van der Waals surface area contributed by atoms with Gasteiger partial charge in [-0.15, -0.1) is 0 Å². The quantitative estimate of drug-likeness (QED) is 0.512. The van der Waals surface area contributed by atoms with Gasteiger partial charge in [-0.05, 0) is 13.8 Å². The smallest absolute Gasteiger partial charge is 0.116 e. The Bertz CT molecular complexity index is 121. The second-order valence-corrected chi connectivity index (χ2v) is 2.27. The van der Waals surface area contributed by atoms with E-state index in [1.807, 2.05) is 18.4 Å². The Morgan fingerprint density at radius 2 is 2.33 bits per heavy atom. The summed E-state index contributed by atoms with van der Waals surface area (Å²) >= 11 is 0. The van der Waals surface area contributed by atoms with Gasteiger partial charge in [-0.2, -0.15) is 5.10 Å². The lowest BCUT2D eigenvalue weighted by Gasteiger charge is -2.22. The van der Waals surface area contributed by atoms with Gasteiger partial charge < -0.3 is 4.90 Å². The minimum atomic E-state index is 0.440. The normalized spacial score (nSPS) is 25.9. The highest BCUT2D eigenvalue weighted by Crippen LogP contribution is 2.06. The van der Waals surface area contributed by atoms with E-state index in [-0.39, 0.29) is 0 Å². The lowest BCUT2D eigenvalue weighted by Crippen LogP contribution is -2.34. The number of hydrogen-bond donors (Lipinski definition) is 0. The SMILES string of the molecule is CCN1C=NN(C)C1C. The molecule has 0 saturated heterocycles. The first-order valence-electron chi connectivity index (χ1n) is 3.28. The molecule has 0 spiro atoms. The van der Waals surface area contributed by atoms with E-state index in [1.165, 1.54) is 0 Å². The van der Waals surface area contributed by atoms with E-state index in [0.717, 1.165) is 6.54 Å². The Morgan fingerprint density at radius 1 is 1.67 bits per heavy atom. The van der Waals surface area contributed by atoms with E-state index in [9.17, 15) is 0 Å². The molecular formula is C6H13N3. The highest BCUT2D eigenvalue weighted by Gasteiger charge is 2.17. The van der Waals surface area contributed by atoms with Crippen LogP contribution in [0.3, 0.4) is 0 Å². The van der Waals surface area contributed by atoms with E-state index < -0.39 is 0 Å². The fraction of sp³-hybridized carbons (Fsp3) is 0.833. The van der Waals surface area contributed by atoms with Crippen molar-refractivity contribution in [3.05, 3.63) is 0 Å². The van der Waals surface area contributed by atoms with E-state index in [2.05, 4.69) is 23.8 Å². The van der Waals surface area contributed by atoms with Crippen LogP contribution in [-0.4, -0.2) is 36.0 Å². The van der Waals surface area contributed by atoms with Crippen molar-refractivity contribution in [2.75, 3.05) is 13.6 Å². The Morgan fingerprint density at radius 3 is 2.56 bits per heavy atom. The first-order valence-corrected chi connectivity index (χ1v) is 3.28. The average Bonchev–Trinajstić information content (AvgIpc) is 2.15. The zero-order valence-electron chi connectivity index (χ0n) is 6.20. The third kappa shape index (κ3) is 0.992. The Kier molecular flexibility index (Phi) is 1.60. The lowest BCUT2D eigenvalue weighted by molar-refractivity contribution is 0.184. The van der Waals surface area contributed by atoms with Crippen molar-refractivity contribution < 1.29 is 0 Å². The lowest BCUT2D eigenvalue weighted by atomic mass is 10.5. The molecule has 1 aliphatic rings. The highest BCUT2D eigenvalue weighted by molar-refractivity contribution is 5.56. The first-order chi connectivity index (χ1) is 4.25. The molecule has 52 valence electrons. The van der Waals surface area contributed by atoms with Gasteiger partial charge in [0.2, 0.25) is 0 Å². The zero-order valence-corrected chi connectivity index (χ0v) is 6.20. The van der Waals surface area contributed by atoms with Gasteiger partial charge in [-0.1, -0.05) is 0 Å². The van der Waals surface area contributed by atoms with Crippen LogP contribution in [0.4, 0.5) is 0 Å². The molecule has 0 aromatic heterocycles. The minimum absolute atomic E-state index is 0.440. The van der Waals surface area contributed by atoms with Crippen molar-refractivity contribution in [2.24, 2.45) is 5.10 Å². The summed E-state index contributed by atoms with van der Waals surface area (Å²) in [7, 11) is 1.98. The van der Waals surface area contributed by atoms with Crippen LogP contribution in [0.15, 0.2) is 5.10 Å². The predicted octanol–water partition coefficient (Wildman–Crippen LogP) is 0.543. The molecule has 0 bridgehead atoms. The van der Waals surface area contributed by atoms with Crippen LogP contribution in [0.2, 0.25) is 0 Å². The van der Waals surface area contributed by atoms with Crippen molar-refractivity contribution in [2.45, 2.75) is 20.0 Å². The minimum Gasteiger partial charge on any atom is -0.340 e. The maximum Gasteiger partial charge on any atom is 0.116 e. The Hall–Kier alpha value is -0.730. The summed E-state index contributed by atoms with van der Waals surface area (Å²) in [6, 6.07) is 0. The number of rotatable bonds is 1. The Labute approximate surface area is 55.9 Å². The molecule has 0 N–H and O–H groups in total. The third-order valence-corrected chi connectivity index (χ3v) is 1.77. The summed E-state index contributed by atoms with van der Waals surface area (Å²) in [5.41, 5.74) is 0. The van der Waals surface area contributed by atoms with Crippen LogP contribution < -0.4 is 0 Å². The van der Waals surface area contributed by atoms with Crippen LogP contribution >= 0.6 is 0 Å². The number of hydrogen-bond acceptors (Lipinski definition) is 3. The van der Waals surface area contributed by atoms with Gasteiger partial charge in [0, 0.05) is 13.6 Å². The van der Waals surface area contributed by atoms with E-state index in [0.29, 0.717) is 6.17 Å². The van der Waals surface area contributed by atoms with Crippen LogP contribution in [-0.2, 0) is 0 Å². The average molecular weight is 127 g/mol. The Balaban J connectivity index is 2.51. The molecule has 0 fully saturated rings. The predicted molar refractivity (Wildman–Crippen MR) is 38.1 cm³/mol.